The van der Waals surface area contributed by atoms with Crippen LogP contribution in [0.1, 0.15) is 61.6 Å². The molecule has 13 heteroatoms. The number of pyridine rings is 1. The van der Waals surface area contributed by atoms with Gasteiger partial charge in [-0.15, -0.1) is 13.2 Å². The van der Waals surface area contributed by atoms with Gasteiger partial charge in [-0.25, -0.2) is 8.42 Å². The molecule has 0 aliphatic carbocycles. The van der Waals surface area contributed by atoms with Gasteiger partial charge in [-0.05, 0) is 103 Å². The van der Waals surface area contributed by atoms with Gasteiger partial charge in [0.1, 0.15) is 12.4 Å². The van der Waals surface area contributed by atoms with E-state index < -0.39 is 16.0 Å². The Morgan fingerprint density at radius 1 is 1.05 bits per heavy atom. The van der Waals surface area contributed by atoms with Crippen LogP contribution in [0.4, 0.5) is 17.1 Å². The lowest BCUT2D eigenvalue weighted by Gasteiger charge is -2.40. The van der Waals surface area contributed by atoms with Gasteiger partial charge in [0.15, 0.2) is 0 Å². The minimum Gasteiger partial charge on any atom is -0.490 e. The second-order valence-corrected chi connectivity index (χ2v) is 15.9. The molecular formula is C43H54N6O6S. The zero-order valence-electron chi connectivity index (χ0n) is 33.7. The highest BCUT2D eigenvalue weighted by Crippen LogP contribution is 2.56. The highest BCUT2D eigenvalue weighted by Gasteiger charge is 2.43. The van der Waals surface area contributed by atoms with E-state index in [0.29, 0.717) is 42.9 Å². The minimum absolute atomic E-state index is 0.109. The number of aliphatic hydroxyl groups excluding tert-OH is 1. The number of hydrogen-bond acceptors (Lipinski definition) is 9. The number of aliphatic hydroxyl groups is 1. The van der Waals surface area contributed by atoms with Gasteiger partial charge in [-0.3, -0.25) is 18.8 Å². The average molecular weight is 783 g/mol. The number of hydrogen-bond donors (Lipinski definition) is 3. The lowest BCUT2D eigenvalue weighted by molar-refractivity contribution is -0.136. The average Bonchev–Trinajstić information content (AvgIpc) is 3.75. The van der Waals surface area contributed by atoms with Crippen LogP contribution < -0.4 is 19.3 Å². The van der Waals surface area contributed by atoms with Crippen molar-refractivity contribution in [1.82, 2.24) is 14.8 Å². The molecule has 3 aliphatic heterocycles. The van der Waals surface area contributed by atoms with Crippen molar-refractivity contribution < 1.29 is 28.2 Å². The Morgan fingerprint density at radius 3 is 2.45 bits per heavy atom. The molecule has 12 nitrogen and oxygen atoms in total. The summed E-state index contributed by atoms with van der Waals surface area (Å²) >= 11 is 0. The maximum Gasteiger partial charge on any atom is 0.307 e. The number of carboxylic acids is 1. The highest BCUT2D eigenvalue weighted by atomic mass is 32.2. The Bertz CT molecular complexity index is 2350. The normalized spacial score (nSPS) is 15.2. The molecule has 3 N–H and O–H groups in total. The summed E-state index contributed by atoms with van der Waals surface area (Å²) in [4.78, 5) is 19.5. The van der Waals surface area contributed by atoms with Gasteiger partial charge in [0.25, 0.3) is 0 Å². The number of fused-ring (bicyclic) bond motifs is 2. The molecule has 1 atom stereocenters. The van der Waals surface area contributed by atoms with E-state index in [4.69, 9.17) is 14.8 Å². The Balaban J connectivity index is 0.000000697. The van der Waals surface area contributed by atoms with Gasteiger partial charge in [0.05, 0.1) is 59.7 Å². The summed E-state index contributed by atoms with van der Waals surface area (Å²) in [6, 6.07) is 14.2. The molecule has 56 heavy (non-hydrogen) atoms. The number of rotatable bonds is 6. The monoisotopic (exact) mass is 782 g/mol. The Hall–Kier alpha value is -5.40. The number of carboxylic acid groups (broad SMARTS) is 1. The highest BCUT2D eigenvalue weighted by molar-refractivity contribution is 7.92. The van der Waals surface area contributed by atoms with Gasteiger partial charge in [-0.2, -0.15) is 5.10 Å². The van der Waals surface area contributed by atoms with Crippen LogP contribution in [-0.4, -0.2) is 78.0 Å². The summed E-state index contributed by atoms with van der Waals surface area (Å²) in [5.74, 6) is -0.203. The molecule has 0 saturated carbocycles. The number of anilines is 3. The molecule has 1 unspecified atom stereocenters. The SMILES string of the molecule is C=C.CC.CC(C)O.Cc1c(-c2c(CC(=O)O)c(C)c3c4c2CC(c2ccnc(-c5ccc6c(cnn6C)c5)c2)N4CCN3S(C)(=O)=O)ccc2c1NCCO2. The van der Waals surface area contributed by atoms with Crippen LogP contribution in [0, 0.1) is 13.8 Å². The number of carbonyl (C=O) groups is 1. The molecule has 0 fully saturated rings. The van der Waals surface area contributed by atoms with E-state index in [-0.39, 0.29) is 25.1 Å². The van der Waals surface area contributed by atoms with Gasteiger partial charge in [0.2, 0.25) is 10.0 Å². The lowest BCUT2D eigenvalue weighted by Crippen LogP contribution is -2.44. The predicted molar refractivity (Wildman–Crippen MR) is 227 cm³/mol. The molecule has 8 rings (SSSR count). The van der Waals surface area contributed by atoms with Crippen molar-refractivity contribution in [2.24, 2.45) is 7.05 Å². The number of aromatic nitrogens is 3. The molecule has 0 amide bonds. The van der Waals surface area contributed by atoms with Gasteiger partial charge >= 0.3 is 5.97 Å². The minimum atomic E-state index is -3.64. The van der Waals surface area contributed by atoms with Crippen LogP contribution in [0.2, 0.25) is 0 Å². The van der Waals surface area contributed by atoms with Crippen molar-refractivity contribution in [1.29, 1.82) is 0 Å². The number of ether oxygens (including phenoxy) is 1. The first-order valence-corrected chi connectivity index (χ1v) is 20.8. The largest absolute Gasteiger partial charge is 0.490 e. The van der Waals surface area contributed by atoms with E-state index in [0.717, 1.165) is 67.1 Å². The molecule has 3 aliphatic rings. The summed E-state index contributed by atoms with van der Waals surface area (Å²) < 4.78 is 35.7. The zero-order chi connectivity index (χ0) is 41.1. The number of nitrogens with one attached hydrogen (secondary N) is 1. The summed E-state index contributed by atoms with van der Waals surface area (Å²) in [5, 5.41) is 27.1. The van der Waals surface area contributed by atoms with Crippen LogP contribution in [0.15, 0.2) is 68.0 Å². The molecule has 5 heterocycles. The molecule has 0 radical (unpaired) electrons. The topological polar surface area (TPSA) is 150 Å². The van der Waals surface area contributed by atoms with E-state index in [1.807, 2.05) is 76.1 Å². The first kappa shape index (κ1) is 41.8. The first-order chi connectivity index (χ1) is 26.7. The maximum absolute atomic E-state index is 13.2. The predicted octanol–water partition coefficient (Wildman–Crippen LogP) is 7.45. The smallest absolute Gasteiger partial charge is 0.307 e. The quantitative estimate of drug-likeness (QED) is 0.148. The number of aliphatic carboxylic acids is 1. The third kappa shape index (κ3) is 7.96. The molecule has 0 bridgehead atoms. The van der Waals surface area contributed by atoms with E-state index in [1.165, 1.54) is 10.6 Å². The maximum atomic E-state index is 13.2. The number of aryl methyl sites for hydroxylation is 1. The zero-order valence-corrected chi connectivity index (χ0v) is 34.5. The number of benzene rings is 3. The van der Waals surface area contributed by atoms with Crippen molar-refractivity contribution in [2.45, 2.75) is 66.5 Å². The second kappa shape index (κ2) is 17.2. The number of nitrogens with zero attached hydrogens (tertiary/aromatic N) is 5. The van der Waals surface area contributed by atoms with Crippen LogP contribution >= 0.6 is 0 Å². The van der Waals surface area contributed by atoms with Gasteiger partial charge < -0.3 is 25.2 Å². The van der Waals surface area contributed by atoms with Crippen molar-refractivity contribution in [2.75, 3.05) is 47.0 Å². The van der Waals surface area contributed by atoms with Gasteiger partial charge in [-0.1, -0.05) is 26.0 Å². The van der Waals surface area contributed by atoms with Crippen molar-refractivity contribution in [3.8, 4) is 28.1 Å². The van der Waals surface area contributed by atoms with Crippen molar-refractivity contribution in [3.05, 3.63) is 95.8 Å². The van der Waals surface area contributed by atoms with E-state index in [2.05, 4.69) is 46.7 Å². The third-order valence-electron chi connectivity index (χ3n) is 10.1. The van der Waals surface area contributed by atoms with E-state index in [1.54, 1.807) is 13.8 Å². The van der Waals surface area contributed by atoms with Gasteiger partial charge in [0, 0.05) is 43.4 Å². The fourth-order valence-electron chi connectivity index (χ4n) is 7.90. The summed E-state index contributed by atoms with van der Waals surface area (Å²) in [6.45, 7) is 19.3. The molecular weight excluding hydrogens is 729 g/mol. The lowest BCUT2D eigenvalue weighted by atomic mass is 9.84. The summed E-state index contributed by atoms with van der Waals surface area (Å²) in [5.41, 5.74) is 11.3. The molecule has 5 aromatic rings. The first-order valence-electron chi connectivity index (χ1n) is 19.0. The van der Waals surface area contributed by atoms with Crippen molar-refractivity contribution >= 4 is 44.0 Å². The fourth-order valence-corrected chi connectivity index (χ4v) is 8.87. The Labute approximate surface area is 330 Å². The molecule has 3 aromatic carbocycles. The summed E-state index contributed by atoms with van der Waals surface area (Å²) in [7, 11) is -1.72. The van der Waals surface area contributed by atoms with Crippen LogP contribution in [0.25, 0.3) is 33.3 Å². The number of sulfonamides is 1. The molecule has 0 spiro atoms. The van der Waals surface area contributed by atoms with E-state index in [9.17, 15) is 18.3 Å². The third-order valence-corrected chi connectivity index (χ3v) is 11.2. The second-order valence-electron chi connectivity index (χ2n) is 14.0. The van der Waals surface area contributed by atoms with Crippen LogP contribution in [-0.2, 0) is 34.7 Å². The standard InChI is InChI=1S/C36H36N6O5S.C3H8O.C2H6.C2H4/c1-20-25(6-8-31-34(20)38-11-14-47-31)33-26(18-32(43)44)21(2)35-36-27(33)17-30(41(36)12-13-42(35)48(4,45)46)23-9-10-37-28(16-23)22-5-7-29-24(15-22)19-39-40(29)3;1-3(2)4;2*1-2/h5-10,15-16,19,30,38H,11-14,17-18H2,1-4H3,(H,43,44);3-4H,1-2H3;1-2H3;1-2H2. The summed E-state index contributed by atoms with van der Waals surface area (Å²) in [6.07, 6.45) is 5.07. The Morgan fingerprint density at radius 2 is 1.77 bits per heavy atom. The van der Waals surface area contributed by atoms with Crippen LogP contribution in [0.5, 0.6) is 5.75 Å². The van der Waals surface area contributed by atoms with Crippen molar-refractivity contribution in [3.63, 3.8) is 0 Å². The van der Waals surface area contributed by atoms with Crippen LogP contribution in [0.3, 0.4) is 0 Å². The Kier molecular flexibility index (Phi) is 12.8. The molecule has 298 valence electrons. The van der Waals surface area contributed by atoms with E-state index >= 15 is 0 Å². The fraction of sp³-hybridized carbons (Fsp3) is 0.372. The molecule has 0 saturated heterocycles. The molecule has 2 aromatic heterocycles.